The van der Waals surface area contributed by atoms with E-state index in [4.69, 9.17) is 17.3 Å². The molecule has 0 aliphatic heterocycles. The van der Waals surface area contributed by atoms with Crippen molar-refractivity contribution in [3.8, 4) is 5.75 Å². The first-order chi connectivity index (χ1) is 6.61. The Labute approximate surface area is 85.6 Å². The van der Waals surface area contributed by atoms with Crippen molar-refractivity contribution >= 4 is 11.6 Å². The van der Waals surface area contributed by atoms with E-state index in [2.05, 4.69) is 4.74 Å². The average Bonchev–Trinajstić information content (AvgIpc) is 2.16. The standard InChI is InChI=1S/C9H10ClF2NO/c1-14-9-7(11)5(2-3-13)4-6(10)8(9)12/h4H,2-3,13H2,1H3. The molecule has 0 amide bonds. The van der Waals surface area contributed by atoms with Crippen molar-refractivity contribution < 1.29 is 13.5 Å². The van der Waals surface area contributed by atoms with Gasteiger partial charge in [0.2, 0.25) is 0 Å². The van der Waals surface area contributed by atoms with E-state index >= 15 is 0 Å². The van der Waals surface area contributed by atoms with Crippen LogP contribution in [0.3, 0.4) is 0 Å². The zero-order chi connectivity index (χ0) is 10.7. The fraction of sp³-hybridized carbons (Fsp3) is 0.333. The minimum atomic E-state index is -0.882. The molecule has 0 saturated carbocycles. The second kappa shape index (κ2) is 4.57. The molecule has 1 aromatic carbocycles. The molecule has 0 aliphatic rings. The summed E-state index contributed by atoms with van der Waals surface area (Å²) in [6.07, 6.45) is 0.294. The van der Waals surface area contributed by atoms with Gasteiger partial charge in [-0.2, -0.15) is 0 Å². The SMILES string of the molecule is COc1c(F)c(Cl)cc(CCN)c1F. The first-order valence-corrected chi connectivity index (χ1v) is 4.40. The number of hydrogen-bond acceptors (Lipinski definition) is 2. The van der Waals surface area contributed by atoms with Crippen LogP contribution in [0.25, 0.3) is 0 Å². The van der Waals surface area contributed by atoms with Crippen LogP contribution in [0.2, 0.25) is 5.02 Å². The number of halogens is 3. The fourth-order valence-corrected chi connectivity index (χ4v) is 1.36. The molecule has 1 aromatic rings. The summed E-state index contributed by atoms with van der Waals surface area (Å²) in [7, 11) is 1.18. The van der Waals surface area contributed by atoms with Gasteiger partial charge < -0.3 is 10.5 Å². The van der Waals surface area contributed by atoms with Gasteiger partial charge in [-0.1, -0.05) is 11.6 Å². The third-order valence-corrected chi connectivity index (χ3v) is 2.08. The Morgan fingerprint density at radius 3 is 2.57 bits per heavy atom. The predicted octanol–water partition coefficient (Wildman–Crippen LogP) is 2.13. The molecule has 2 nitrogen and oxygen atoms in total. The topological polar surface area (TPSA) is 35.2 Å². The summed E-state index contributed by atoms with van der Waals surface area (Å²) in [6.45, 7) is 0.266. The normalized spacial score (nSPS) is 10.4. The smallest absolute Gasteiger partial charge is 0.192 e. The lowest BCUT2D eigenvalue weighted by atomic mass is 10.1. The van der Waals surface area contributed by atoms with E-state index in [0.717, 1.165) is 0 Å². The van der Waals surface area contributed by atoms with Gasteiger partial charge in [-0.05, 0) is 24.6 Å². The van der Waals surface area contributed by atoms with Gasteiger partial charge in [-0.25, -0.2) is 8.78 Å². The van der Waals surface area contributed by atoms with Crippen molar-refractivity contribution in [3.05, 3.63) is 28.3 Å². The molecule has 2 N–H and O–H groups in total. The third-order valence-electron chi connectivity index (χ3n) is 1.81. The molecule has 0 bridgehead atoms. The molecule has 0 heterocycles. The van der Waals surface area contributed by atoms with Gasteiger partial charge in [-0.15, -0.1) is 0 Å². The summed E-state index contributed by atoms with van der Waals surface area (Å²) in [4.78, 5) is 0. The highest BCUT2D eigenvalue weighted by atomic mass is 35.5. The molecule has 0 aromatic heterocycles. The second-order valence-corrected chi connectivity index (χ2v) is 3.12. The Morgan fingerprint density at radius 2 is 2.07 bits per heavy atom. The molecule has 0 fully saturated rings. The zero-order valence-electron chi connectivity index (χ0n) is 7.61. The van der Waals surface area contributed by atoms with Crippen LogP contribution in [0.15, 0.2) is 6.07 Å². The van der Waals surface area contributed by atoms with Crippen LogP contribution in [-0.2, 0) is 6.42 Å². The Hall–Kier alpha value is -0.870. The van der Waals surface area contributed by atoms with E-state index < -0.39 is 17.4 Å². The molecule has 0 saturated heterocycles. The van der Waals surface area contributed by atoms with Gasteiger partial charge in [0.05, 0.1) is 12.1 Å². The first kappa shape index (κ1) is 11.2. The zero-order valence-corrected chi connectivity index (χ0v) is 8.37. The predicted molar refractivity (Wildman–Crippen MR) is 50.7 cm³/mol. The maximum atomic E-state index is 13.4. The Balaban J connectivity index is 3.27. The summed E-state index contributed by atoms with van der Waals surface area (Å²) in [5, 5.41) is -0.160. The van der Waals surface area contributed by atoms with Crippen molar-refractivity contribution in [1.82, 2.24) is 0 Å². The van der Waals surface area contributed by atoms with Gasteiger partial charge in [0, 0.05) is 0 Å². The summed E-state index contributed by atoms with van der Waals surface area (Å²) in [6, 6.07) is 1.22. The molecule has 14 heavy (non-hydrogen) atoms. The lowest BCUT2D eigenvalue weighted by Gasteiger charge is -2.09. The summed E-state index contributed by atoms with van der Waals surface area (Å²) >= 11 is 5.54. The summed E-state index contributed by atoms with van der Waals surface area (Å²) in [5.41, 5.74) is 5.52. The molecule has 0 radical (unpaired) electrons. The largest absolute Gasteiger partial charge is 0.491 e. The number of methoxy groups -OCH3 is 1. The maximum Gasteiger partial charge on any atom is 0.192 e. The highest BCUT2D eigenvalue weighted by Gasteiger charge is 2.17. The number of ether oxygens (including phenoxy) is 1. The third kappa shape index (κ3) is 1.96. The van der Waals surface area contributed by atoms with Gasteiger partial charge in [0.1, 0.15) is 0 Å². The minimum absolute atomic E-state index is 0.160. The molecule has 1 rings (SSSR count). The van der Waals surface area contributed by atoms with Crippen LogP contribution in [0.5, 0.6) is 5.75 Å². The van der Waals surface area contributed by atoms with Crippen LogP contribution >= 0.6 is 11.6 Å². The van der Waals surface area contributed by atoms with E-state index in [1.165, 1.54) is 13.2 Å². The van der Waals surface area contributed by atoms with Gasteiger partial charge in [-0.3, -0.25) is 0 Å². The van der Waals surface area contributed by atoms with Crippen molar-refractivity contribution in [2.45, 2.75) is 6.42 Å². The summed E-state index contributed by atoms with van der Waals surface area (Å²) < 4.78 is 31.1. The highest BCUT2D eigenvalue weighted by Crippen LogP contribution is 2.30. The van der Waals surface area contributed by atoms with Crippen LogP contribution in [-0.4, -0.2) is 13.7 Å². The Kier molecular flexibility index (Phi) is 3.66. The number of hydrogen-bond donors (Lipinski definition) is 1. The Morgan fingerprint density at radius 1 is 1.43 bits per heavy atom. The molecular formula is C9H10ClF2NO. The van der Waals surface area contributed by atoms with E-state index in [1.807, 2.05) is 0 Å². The molecule has 78 valence electrons. The van der Waals surface area contributed by atoms with Crippen LogP contribution in [0.1, 0.15) is 5.56 Å². The van der Waals surface area contributed by atoms with Gasteiger partial charge in [0.15, 0.2) is 17.4 Å². The Bertz CT molecular complexity index is 344. The monoisotopic (exact) mass is 221 g/mol. The number of rotatable bonds is 3. The lowest BCUT2D eigenvalue weighted by molar-refractivity contribution is 0.358. The fourth-order valence-electron chi connectivity index (χ4n) is 1.15. The van der Waals surface area contributed by atoms with Crippen LogP contribution in [0, 0.1) is 11.6 Å². The first-order valence-electron chi connectivity index (χ1n) is 4.02. The second-order valence-electron chi connectivity index (χ2n) is 2.72. The van der Waals surface area contributed by atoms with Crippen LogP contribution < -0.4 is 10.5 Å². The summed E-state index contributed by atoms with van der Waals surface area (Å²) in [5.74, 6) is -2.08. The van der Waals surface area contributed by atoms with Crippen molar-refractivity contribution in [1.29, 1.82) is 0 Å². The van der Waals surface area contributed by atoms with Crippen molar-refractivity contribution in [2.75, 3.05) is 13.7 Å². The molecule has 0 atom stereocenters. The highest BCUT2D eigenvalue weighted by molar-refractivity contribution is 6.31. The van der Waals surface area contributed by atoms with Crippen molar-refractivity contribution in [2.24, 2.45) is 5.73 Å². The lowest BCUT2D eigenvalue weighted by Crippen LogP contribution is -2.06. The number of nitrogens with two attached hydrogens (primary N) is 1. The van der Waals surface area contributed by atoms with E-state index in [9.17, 15) is 8.78 Å². The quantitative estimate of drug-likeness (QED) is 0.794. The molecule has 5 heteroatoms. The molecular weight excluding hydrogens is 212 g/mol. The average molecular weight is 222 g/mol. The van der Waals surface area contributed by atoms with E-state index in [0.29, 0.717) is 6.42 Å². The van der Waals surface area contributed by atoms with Gasteiger partial charge in [0.25, 0.3) is 0 Å². The molecule has 0 unspecified atom stereocenters. The van der Waals surface area contributed by atoms with Crippen molar-refractivity contribution in [3.63, 3.8) is 0 Å². The van der Waals surface area contributed by atoms with E-state index in [1.54, 1.807) is 0 Å². The number of benzene rings is 1. The minimum Gasteiger partial charge on any atom is -0.491 e. The van der Waals surface area contributed by atoms with Crippen LogP contribution in [0.4, 0.5) is 8.78 Å². The molecule has 0 aliphatic carbocycles. The maximum absolute atomic E-state index is 13.4. The van der Waals surface area contributed by atoms with Gasteiger partial charge >= 0.3 is 0 Å². The molecule has 0 spiro atoms. The van der Waals surface area contributed by atoms with E-state index in [-0.39, 0.29) is 17.1 Å².